The van der Waals surface area contributed by atoms with E-state index in [1.165, 1.54) is 0 Å². The van der Waals surface area contributed by atoms with Crippen LogP contribution in [-0.4, -0.2) is 29.4 Å². The highest BCUT2D eigenvalue weighted by Crippen LogP contribution is 2.24. The fraction of sp³-hybridized carbons (Fsp3) is 0.833. The van der Waals surface area contributed by atoms with Gasteiger partial charge in [-0.25, -0.2) is 0 Å². The molecular weight excluding hydrogens is 202 g/mol. The van der Waals surface area contributed by atoms with Crippen molar-refractivity contribution in [2.75, 3.05) is 6.54 Å². The molecule has 4 atom stereocenters. The van der Waals surface area contributed by atoms with Gasteiger partial charge in [0.15, 0.2) is 0 Å². The molecule has 0 unspecified atom stereocenters. The summed E-state index contributed by atoms with van der Waals surface area (Å²) in [6.07, 6.45) is 1.66. The van der Waals surface area contributed by atoms with E-state index in [1.807, 2.05) is 13.8 Å². The Morgan fingerprint density at radius 1 is 1.69 bits per heavy atom. The molecule has 16 heavy (non-hydrogen) atoms. The molecule has 1 heterocycles. The number of likely N-dealkylation sites (tertiary alicyclic amines) is 1. The highest BCUT2D eigenvalue weighted by atomic mass is 16.2. The number of carbonyl (C=O) groups excluding carboxylic acids is 1. The van der Waals surface area contributed by atoms with E-state index < -0.39 is 6.04 Å². The van der Waals surface area contributed by atoms with E-state index in [9.17, 15) is 4.79 Å². The first kappa shape index (κ1) is 13.0. The lowest BCUT2D eigenvalue weighted by Gasteiger charge is -2.26. The van der Waals surface area contributed by atoms with Crippen LogP contribution in [0.4, 0.5) is 0 Å². The van der Waals surface area contributed by atoms with Gasteiger partial charge in [0.1, 0.15) is 6.04 Å². The summed E-state index contributed by atoms with van der Waals surface area (Å²) in [6.45, 7) is 6.73. The van der Waals surface area contributed by atoms with E-state index in [1.54, 1.807) is 4.90 Å². The van der Waals surface area contributed by atoms with E-state index in [4.69, 9.17) is 11.0 Å². The van der Waals surface area contributed by atoms with Crippen LogP contribution in [0, 0.1) is 23.2 Å². The number of nitrogens with two attached hydrogens (primary N) is 1. The standard InChI is InChI=1S/C12H21N3O/c1-4-9(3)11(14)12(16)15-7-8(2)5-10(15)6-13/h8-11H,4-5,7,14H2,1-3H3/t8-,9-,10-,11-/m0/s1. The molecule has 0 aromatic rings. The summed E-state index contributed by atoms with van der Waals surface area (Å²) in [6, 6.07) is 1.44. The topological polar surface area (TPSA) is 70.1 Å². The zero-order chi connectivity index (χ0) is 12.3. The Hall–Kier alpha value is -1.08. The van der Waals surface area contributed by atoms with E-state index in [0.717, 1.165) is 12.8 Å². The first-order valence-corrected chi connectivity index (χ1v) is 5.96. The lowest BCUT2D eigenvalue weighted by atomic mass is 9.99. The quantitative estimate of drug-likeness (QED) is 0.779. The fourth-order valence-corrected chi connectivity index (χ4v) is 2.10. The highest BCUT2D eigenvalue weighted by Gasteiger charge is 2.36. The number of hydrogen-bond donors (Lipinski definition) is 1. The van der Waals surface area contributed by atoms with Crippen molar-refractivity contribution in [3.05, 3.63) is 0 Å². The minimum absolute atomic E-state index is 0.0646. The van der Waals surface area contributed by atoms with Gasteiger partial charge >= 0.3 is 0 Å². The molecule has 0 saturated carbocycles. The van der Waals surface area contributed by atoms with Crippen LogP contribution in [-0.2, 0) is 4.79 Å². The van der Waals surface area contributed by atoms with Gasteiger partial charge in [0, 0.05) is 6.54 Å². The van der Waals surface area contributed by atoms with Gasteiger partial charge in [-0.05, 0) is 18.3 Å². The molecule has 1 saturated heterocycles. The van der Waals surface area contributed by atoms with Crippen LogP contribution >= 0.6 is 0 Å². The maximum Gasteiger partial charge on any atom is 0.240 e. The van der Waals surface area contributed by atoms with Gasteiger partial charge in [-0.3, -0.25) is 4.79 Å². The van der Waals surface area contributed by atoms with E-state index in [-0.39, 0.29) is 17.9 Å². The summed E-state index contributed by atoms with van der Waals surface area (Å²) in [7, 11) is 0. The molecular formula is C12H21N3O. The normalized spacial score (nSPS) is 28.6. The van der Waals surface area contributed by atoms with Gasteiger partial charge in [-0.1, -0.05) is 27.2 Å². The van der Waals surface area contributed by atoms with Crippen molar-refractivity contribution in [1.82, 2.24) is 4.90 Å². The van der Waals surface area contributed by atoms with Crippen molar-refractivity contribution < 1.29 is 4.79 Å². The average molecular weight is 223 g/mol. The first-order valence-electron chi connectivity index (χ1n) is 5.96. The Morgan fingerprint density at radius 3 is 2.81 bits per heavy atom. The molecule has 1 fully saturated rings. The van der Waals surface area contributed by atoms with E-state index >= 15 is 0 Å². The first-order chi connectivity index (χ1) is 7.51. The Labute approximate surface area is 97.4 Å². The van der Waals surface area contributed by atoms with Crippen molar-refractivity contribution in [3.63, 3.8) is 0 Å². The lowest BCUT2D eigenvalue weighted by molar-refractivity contribution is -0.133. The lowest BCUT2D eigenvalue weighted by Crippen LogP contribution is -2.48. The van der Waals surface area contributed by atoms with Gasteiger partial charge in [0.25, 0.3) is 0 Å². The fourth-order valence-electron chi connectivity index (χ4n) is 2.10. The second kappa shape index (κ2) is 5.31. The monoisotopic (exact) mass is 223 g/mol. The number of nitrogens with zero attached hydrogens (tertiary/aromatic N) is 2. The average Bonchev–Trinajstić information content (AvgIpc) is 2.67. The van der Waals surface area contributed by atoms with Gasteiger partial charge < -0.3 is 10.6 Å². The van der Waals surface area contributed by atoms with Crippen molar-refractivity contribution in [1.29, 1.82) is 5.26 Å². The molecule has 0 aliphatic carbocycles. The van der Waals surface area contributed by atoms with E-state index in [0.29, 0.717) is 12.5 Å². The molecule has 2 N–H and O–H groups in total. The molecule has 4 nitrogen and oxygen atoms in total. The minimum atomic E-state index is -0.467. The van der Waals surface area contributed by atoms with Crippen LogP contribution in [0.5, 0.6) is 0 Å². The summed E-state index contributed by atoms with van der Waals surface area (Å²) in [4.78, 5) is 13.8. The molecule has 0 aromatic carbocycles. The third kappa shape index (κ3) is 2.53. The van der Waals surface area contributed by atoms with Crippen LogP contribution in [0.25, 0.3) is 0 Å². The molecule has 1 aliphatic heterocycles. The summed E-state index contributed by atoms with van der Waals surface area (Å²) < 4.78 is 0. The largest absolute Gasteiger partial charge is 0.325 e. The van der Waals surface area contributed by atoms with Gasteiger partial charge in [0.05, 0.1) is 12.1 Å². The van der Waals surface area contributed by atoms with Crippen molar-refractivity contribution in [2.24, 2.45) is 17.6 Å². The predicted molar refractivity (Wildman–Crippen MR) is 62.3 cm³/mol. The van der Waals surface area contributed by atoms with Crippen molar-refractivity contribution in [2.45, 2.75) is 45.7 Å². The number of rotatable bonds is 3. The summed E-state index contributed by atoms with van der Waals surface area (Å²) in [5.74, 6) is 0.505. The maximum absolute atomic E-state index is 12.1. The molecule has 1 rings (SSSR count). The van der Waals surface area contributed by atoms with E-state index in [2.05, 4.69) is 13.0 Å². The van der Waals surface area contributed by atoms with Crippen LogP contribution in [0.1, 0.15) is 33.6 Å². The Bertz CT molecular complexity index is 297. The summed E-state index contributed by atoms with van der Waals surface area (Å²) in [5.41, 5.74) is 5.91. The number of nitriles is 1. The number of hydrogen-bond acceptors (Lipinski definition) is 3. The molecule has 1 amide bonds. The van der Waals surface area contributed by atoms with Crippen LogP contribution in [0.3, 0.4) is 0 Å². The predicted octanol–water partition coefficient (Wildman–Crippen LogP) is 1.12. The smallest absolute Gasteiger partial charge is 0.240 e. The van der Waals surface area contributed by atoms with Crippen molar-refractivity contribution >= 4 is 5.91 Å². The molecule has 90 valence electrons. The summed E-state index contributed by atoms with van der Waals surface area (Å²) >= 11 is 0. The Balaban J connectivity index is 2.70. The van der Waals surface area contributed by atoms with Gasteiger partial charge in [-0.15, -0.1) is 0 Å². The third-order valence-electron chi connectivity index (χ3n) is 3.48. The number of amides is 1. The minimum Gasteiger partial charge on any atom is -0.325 e. The zero-order valence-electron chi connectivity index (χ0n) is 10.3. The molecule has 0 spiro atoms. The van der Waals surface area contributed by atoms with Gasteiger partial charge in [-0.2, -0.15) is 5.26 Å². The second-order valence-corrected chi connectivity index (χ2v) is 4.89. The molecule has 0 bridgehead atoms. The zero-order valence-corrected chi connectivity index (χ0v) is 10.3. The van der Waals surface area contributed by atoms with Crippen LogP contribution in [0.15, 0.2) is 0 Å². The van der Waals surface area contributed by atoms with Crippen LogP contribution in [0.2, 0.25) is 0 Å². The molecule has 4 heteroatoms. The molecule has 0 aromatic heterocycles. The SMILES string of the molecule is CC[C@H](C)[C@H](N)C(=O)N1C[C@@H](C)C[C@H]1C#N. The summed E-state index contributed by atoms with van der Waals surface area (Å²) in [5, 5.41) is 9.00. The van der Waals surface area contributed by atoms with Gasteiger partial charge in [0.2, 0.25) is 5.91 Å². The maximum atomic E-state index is 12.1. The Morgan fingerprint density at radius 2 is 2.31 bits per heavy atom. The second-order valence-electron chi connectivity index (χ2n) is 4.89. The van der Waals surface area contributed by atoms with Crippen LogP contribution < -0.4 is 5.73 Å². The third-order valence-corrected chi connectivity index (χ3v) is 3.48. The Kier molecular flexibility index (Phi) is 4.31. The highest BCUT2D eigenvalue weighted by molar-refractivity contribution is 5.82. The molecule has 1 aliphatic rings. The number of carbonyl (C=O) groups is 1. The molecule has 0 radical (unpaired) electrons. The van der Waals surface area contributed by atoms with Crippen molar-refractivity contribution in [3.8, 4) is 6.07 Å².